The van der Waals surface area contributed by atoms with Gasteiger partial charge in [-0.15, -0.1) is 0 Å². The number of fused-ring (bicyclic) bond motifs is 1. The molecule has 0 saturated heterocycles. The molecule has 1 amide bonds. The van der Waals surface area contributed by atoms with Gasteiger partial charge in [-0.2, -0.15) is 0 Å². The Hall–Kier alpha value is -3.53. The van der Waals surface area contributed by atoms with Gasteiger partial charge in [-0.1, -0.05) is 75.4 Å². The maximum Gasteiger partial charge on any atom is 0.218 e. The number of para-hydroxylation sites is 1. The average Bonchev–Trinajstić information content (AvgIpc) is 3.15. The van der Waals surface area contributed by atoms with Gasteiger partial charge in [0.05, 0.1) is 7.11 Å². The van der Waals surface area contributed by atoms with Crippen molar-refractivity contribution in [1.29, 1.82) is 0 Å². The number of benzene rings is 3. The zero-order chi connectivity index (χ0) is 23.6. The molecule has 0 aliphatic rings. The Morgan fingerprint density at radius 3 is 2.24 bits per heavy atom. The topological polar surface area (TPSA) is 57.2 Å². The molecule has 4 nitrogen and oxygen atoms in total. The Balaban J connectivity index is 1.77. The van der Waals surface area contributed by atoms with Crippen molar-refractivity contribution >= 4 is 16.8 Å². The van der Waals surface area contributed by atoms with Gasteiger partial charge >= 0.3 is 0 Å². The lowest BCUT2D eigenvalue weighted by Crippen LogP contribution is -2.16. The van der Waals surface area contributed by atoms with Crippen LogP contribution in [-0.4, -0.2) is 17.6 Å². The lowest BCUT2D eigenvalue weighted by Gasteiger charge is -2.21. The van der Waals surface area contributed by atoms with Gasteiger partial charge in [-0.05, 0) is 45.9 Å². The molecule has 170 valence electrons. The van der Waals surface area contributed by atoms with Crippen LogP contribution >= 0.6 is 0 Å². The fourth-order valence-electron chi connectivity index (χ4n) is 4.44. The first-order chi connectivity index (χ1) is 15.8. The van der Waals surface area contributed by atoms with Crippen molar-refractivity contribution in [2.24, 2.45) is 5.73 Å². The van der Waals surface area contributed by atoms with E-state index >= 15 is 0 Å². The minimum absolute atomic E-state index is 0.0755. The van der Waals surface area contributed by atoms with Crippen LogP contribution in [0.15, 0.2) is 79.0 Å². The minimum Gasteiger partial charge on any atom is -0.497 e. The van der Waals surface area contributed by atoms with E-state index in [0.717, 1.165) is 34.3 Å². The van der Waals surface area contributed by atoms with E-state index in [1.165, 1.54) is 11.1 Å². The van der Waals surface area contributed by atoms with Gasteiger partial charge in [0.25, 0.3) is 0 Å². The molecule has 0 bridgehead atoms. The van der Waals surface area contributed by atoms with Gasteiger partial charge in [0.15, 0.2) is 0 Å². The molecule has 33 heavy (non-hydrogen) atoms. The van der Waals surface area contributed by atoms with Crippen molar-refractivity contribution in [1.82, 2.24) is 4.57 Å². The van der Waals surface area contributed by atoms with Gasteiger partial charge < -0.3 is 15.0 Å². The van der Waals surface area contributed by atoms with Crippen LogP contribution in [0.3, 0.4) is 0 Å². The third-order valence-electron chi connectivity index (χ3n) is 6.29. The zero-order valence-corrected chi connectivity index (χ0v) is 19.8. The van der Waals surface area contributed by atoms with Crippen molar-refractivity contribution in [3.05, 3.63) is 101 Å². The lowest BCUT2D eigenvalue weighted by molar-refractivity contribution is -0.118. The monoisotopic (exact) mass is 440 g/mol. The molecule has 1 aromatic heterocycles. The van der Waals surface area contributed by atoms with E-state index in [9.17, 15) is 4.79 Å². The van der Waals surface area contributed by atoms with E-state index in [0.29, 0.717) is 0 Å². The molecule has 0 fully saturated rings. The highest BCUT2D eigenvalue weighted by Crippen LogP contribution is 2.36. The molecule has 0 aliphatic carbocycles. The second-order valence-electron chi connectivity index (χ2n) is 9.67. The van der Waals surface area contributed by atoms with E-state index in [-0.39, 0.29) is 23.7 Å². The van der Waals surface area contributed by atoms with Crippen LogP contribution in [0.2, 0.25) is 0 Å². The smallest absolute Gasteiger partial charge is 0.218 e. The van der Waals surface area contributed by atoms with Gasteiger partial charge in [0, 0.05) is 36.0 Å². The highest BCUT2D eigenvalue weighted by Gasteiger charge is 2.23. The summed E-state index contributed by atoms with van der Waals surface area (Å²) in [7, 11) is 1.67. The van der Waals surface area contributed by atoms with E-state index in [4.69, 9.17) is 10.5 Å². The van der Waals surface area contributed by atoms with Crippen LogP contribution < -0.4 is 10.5 Å². The first-order valence-electron chi connectivity index (χ1n) is 11.4. The molecule has 0 aliphatic heterocycles. The summed E-state index contributed by atoms with van der Waals surface area (Å²) in [6.07, 6.45) is 2.45. The van der Waals surface area contributed by atoms with E-state index in [1.807, 2.05) is 18.2 Å². The average molecular weight is 441 g/mol. The van der Waals surface area contributed by atoms with Crippen LogP contribution in [-0.2, 0) is 16.8 Å². The number of carbonyl (C=O) groups is 1. The molecule has 0 saturated carbocycles. The standard InChI is InChI=1S/C29H32N2O2/c1-29(2,3)22-13-11-21(12-14-22)25(17-28(30)32)26-19-31(27-8-6-5-7-24(26)27)18-20-9-15-23(33-4)16-10-20/h5-16,19,25H,17-18H2,1-4H3,(H2,30,32). The van der Waals surface area contributed by atoms with Gasteiger partial charge in [0.1, 0.15) is 5.75 Å². The van der Waals surface area contributed by atoms with Crippen LogP contribution in [0, 0.1) is 0 Å². The normalized spacial score (nSPS) is 12.6. The van der Waals surface area contributed by atoms with Crippen molar-refractivity contribution in [2.75, 3.05) is 7.11 Å². The predicted molar refractivity (Wildman–Crippen MR) is 135 cm³/mol. The van der Waals surface area contributed by atoms with Crippen LogP contribution in [0.1, 0.15) is 55.4 Å². The fourth-order valence-corrected chi connectivity index (χ4v) is 4.44. The predicted octanol–water partition coefficient (Wildman–Crippen LogP) is 6.00. The van der Waals surface area contributed by atoms with Crippen molar-refractivity contribution < 1.29 is 9.53 Å². The molecule has 1 atom stereocenters. The quantitative estimate of drug-likeness (QED) is 0.383. The highest BCUT2D eigenvalue weighted by atomic mass is 16.5. The third kappa shape index (κ3) is 4.95. The molecule has 0 radical (unpaired) electrons. The number of ether oxygens (including phenoxy) is 1. The Morgan fingerprint density at radius 1 is 0.970 bits per heavy atom. The second kappa shape index (κ2) is 9.14. The Kier molecular flexibility index (Phi) is 6.28. The van der Waals surface area contributed by atoms with E-state index < -0.39 is 0 Å². The summed E-state index contributed by atoms with van der Waals surface area (Å²) in [5, 5.41) is 1.15. The van der Waals surface area contributed by atoms with E-state index in [2.05, 4.69) is 86.1 Å². The Bertz CT molecular complexity index is 1250. The lowest BCUT2D eigenvalue weighted by atomic mass is 9.83. The van der Waals surface area contributed by atoms with E-state index in [1.54, 1.807) is 7.11 Å². The molecule has 4 aromatic rings. The molecule has 0 spiro atoms. The number of nitrogens with zero attached hydrogens (tertiary/aromatic N) is 1. The molecule has 4 heteroatoms. The summed E-state index contributed by atoms with van der Waals surface area (Å²) in [4.78, 5) is 12.1. The summed E-state index contributed by atoms with van der Waals surface area (Å²) in [6.45, 7) is 7.35. The molecule has 1 heterocycles. The Labute approximate surface area is 196 Å². The number of rotatable bonds is 7. The number of nitrogens with two attached hydrogens (primary N) is 1. The van der Waals surface area contributed by atoms with Gasteiger partial charge in [0.2, 0.25) is 5.91 Å². The van der Waals surface area contributed by atoms with Crippen LogP contribution in [0.5, 0.6) is 5.75 Å². The maximum atomic E-state index is 12.1. The molecular formula is C29H32N2O2. The number of primary amides is 1. The second-order valence-corrected chi connectivity index (χ2v) is 9.67. The molecular weight excluding hydrogens is 408 g/mol. The van der Waals surface area contributed by atoms with Gasteiger partial charge in [-0.3, -0.25) is 4.79 Å². The first-order valence-corrected chi connectivity index (χ1v) is 11.4. The molecule has 3 aromatic carbocycles. The first kappa shape index (κ1) is 22.7. The number of methoxy groups -OCH3 is 1. The zero-order valence-electron chi connectivity index (χ0n) is 19.8. The summed E-state index contributed by atoms with van der Waals surface area (Å²) >= 11 is 0. The molecule has 1 unspecified atom stereocenters. The summed E-state index contributed by atoms with van der Waals surface area (Å²) < 4.78 is 7.54. The summed E-state index contributed by atoms with van der Waals surface area (Å²) in [5.41, 5.74) is 11.6. The number of carbonyl (C=O) groups excluding carboxylic acids is 1. The number of hydrogen-bond donors (Lipinski definition) is 1. The van der Waals surface area contributed by atoms with Gasteiger partial charge in [-0.25, -0.2) is 0 Å². The van der Waals surface area contributed by atoms with Crippen LogP contribution in [0.25, 0.3) is 10.9 Å². The SMILES string of the molecule is COc1ccc(Cn2cc(C(CC(N)=O)c3ccc(C(C)(C)C)cc3)c3ccccc32)cc1. The number of aromatic nitrogens is 1. The third-order valence-corrected chi connectivity index (χ3v) is 6.29. The number of amides is 1. The largest absolute Gasteiger partial charge is 0.497 e. The molecule has 4 rings (SSSR count). The van der Waals surface area contributed by atoms with Crippen molar-refractivity contribution in [3.63, 3.8) is 0 Å². The number of hydrogen-bond acceptors (Lipinski definition) is 2. The summed E-state index contributed by atoms with van der Waals surface area (Å²) in [5.74, 6) is 0.447. The van der Waals surface area contributed by atoms with Crippen LogP contribution in [0.4, 0.5) is 0 Å². The highest BCUT2D eigenvalue weighted by molar-refractivity contribution is 5.86. The Morgan fingerprint density at radius 2 is 1.64 bits per heavy atom. The fraction of sp³-hybridized carbons (Fsp3) is 0.276. The van der Waals surface area contributed by atoms with Crippen molar-refractivity contribution in [3.8, 4) is 5.75 Å². The van der Waals surface area contributed by atoms with Crippen molar-refractivity contribution in [2.45, 2.75) is 45.1 Å². The summed E-state index contributed by atoms with van der Waals surface area (Å²) in [6, 6.07) is 25.1. The molecule has 2 N–H and O–H groups in total. The minimum atomic E-state index is -0.299. The maximum absolute atomic E-state index is 12.1.